The van der Waals surface area contributed by atoms with Crippen molar-refractivity contribution >= 4 is 66.5 Å². The van der Waals surface area contributed by atoms with E-state index in [1.165, 1.54) is 17.3 Å². The van der Waals surface area contributed by atoms with Gasteiger partial charge in [0.05, 0.1) is 10.6 Å². The second-order valence-corrected chi connectivity index (χ2v) is 10.6. The highest BCUT2D eigenvalue weighted by Gasteiger charge is 2.25. The molecule has 0 radical (unpaired) electrons. The molecule has 0 aliphatic carbocycles. The Balaban J connectivity index is 1.65. The molecule has 1 N–H and O–H groups in total. The van der Waals surface area contributed by atoms with Crippen LogP contribution in [0.3, 0.4) is 0 Å². The maximum atomic E-state index is 12.6. The van der Waals surface area contributed by atoms with E-state index in [1.54, 1.807) is 0 Å². The maximum absolute atomic E-state index is 12.6. The number of benzene rings is 2. The topological polar surface area (TPSA) is 46.4 Å². The van der Waals surface area contributed by atoms with Crippen LogP contribution in [-0.4, -0.2) is 15.6 Å². The Kier molecular flexibility index (Phi) is 6.52. The summed E-state index contributed by atoms with van der Waals surface area (Å²) in [4.78, 5) is 17.9. The molecular formula is C25H23Br2N3OS. The van der Waals surface area contributed by atoms with Gasteiger partial charge in [-0.15, -0.1) is 0 Å². The van der Waals surface area contributed by atoms with Gasteiger partial charge in [0.15, 0.2) is 5.17 Å². The van der Waals surface area contributed by atoms with E-state index in [9.17, 15) is 4.79 Å². The molecule has 1 fully saturated rings. The summed E-state index contributed by atoms with van der Waals surface area (Å²) in [5, 5.41) is 3.49. The van der Waals surface area contributed by atoms with Gasteiger partial charge < -0.3 is 9.88 Å². The lowest BCUT2D eigenvalue weighted by Gasteiger charge is -2.11. The van der Waals surface area contributed by atoms with Crippen molar-refractivity contribution in [1.82, 2.24) is 9.88 Å². The lowest BCUT2D eigenvalue weighted by atomic mass is 10.1. The standard InChI is InChI=1S/C25H23Br2N3OS/c1-13-10-20(6-7-21(13)26)30-16(4)11-18(17(30)5)12-22-24(31)29-25(32-22)28-19-8-14(2)23(27)15(3)9-19/h6-12H,1-5H3,(H,28,29,31)/b22-12-. The van der Waals surface area contributed by atoms with E-state index >= 15 is 0 Å². The highest BCUT2D eigenvalue weighted by molar-refractivity contribution is 9.10. The monoisotopic (exact) mass is 571 g/mol. The second kappa shape index (κ2) is 9.04. The average Bonchev–Trinajstić information content (AvgIpc) is 3.20. The molecule has 3 aromatic rings. The summed E-state index contributed by atoms with van der Waals surface area (Å²) in [6.07, 6.45) is 1.95. The number of nitrogens with one attached hydrogen (secondary N) is 1. The van der Waals surface area contributed by atoms with Crippen LogP contribution in [0, 0.1) is 34.6 Å². The lowest BCUT2D eigenvalue weighted by Crippen LogP contribution is -2.19. The van der Waals surface area contributed by atoms with Crippen LogP contribution in [0.4, 0.5) is 5.69 Å². The Hall–Kier alpha value is -2.09. The van der Waals surface area contributed by atoms with Gasteiger partial charge in [0.25, 0.3) is 5.91 Å². The van der Waals surface area contributed by atoms with Gasteiger partial charge in [-0.3, -0.25) is 4.79 Å². The predicted molar refractivity (Wildman–Crippen MR) is 142 cm³/mol. The van der Waals surface area contributed by atoms with Gasteiger partial charge in [0.2, 0.25) is 0 Å². The molecule has 7 heteroatoms. The van der Waals surface area contributed by atoms with Crippen LogP contribution in [0.15, 0.2) is 55.2 Å². The van der Waals surface area contributed by atoms with Crippen LogP contribution in [0.25, 0.3) is 11.8 Å². The van der Waals surface area contributed by atoms with E-state index < -0.39 is 0 Å². The van der Waals surface area contributed by atoms with Crippen molar-refractivity contribution in [3.05, 3.63) is 83.9 Å². The van der Waals surface area contributed by atoms with Crippen molar-refractivity contribution in [2.24, 2.45) is 4.99 Å². The molecular weight excluding hydrogens is 550 g/mol. The maximum Gasteiger partial charge on any atom is 0.264 e. The Morgan fingerprint density at radius 3 is 2.31 bits per heavy atom. The number of carbonyl (C=O) groups excluding carboxylic acids is 1. The molecule has 1 amide bonds. The number of aliphatic imine (C=N–C) groups is 1. The van der Waals surface area contributed by atoms with E-state index in [-0.39, 0.29) is 5.91 Å². The number of hydrogen-bond donors (Lipinski definition) is 1. The van der Waals surface area contributed by atoms with Crippen LogP contribution in [0.5, 0.6) is 0 Å². The zero-order valence-corrected chi connectivity index (χ0v) is 22.5. The van der Waals surface area contributed by atoms with E-state index in [2.05, 4.69) is 91.8 Å². The minimum atomic E-state index is -0.122. The fourth-order valence-corrected chi connectivity index (χ4v) is 5.13. The lowest BCUT2D eigenvalue weighted by molar-refractivity contribution is -0.115. The number of amides is 1. The van der Waals surface area contributed by atoms with Crippen molar-refractivity contribution < 1.29 is 4.79 Å². The summed E-state index contributed by atoms with van der Waals surface area (Å²) in [5.74, 6) is -0.122. The third-order valence-electron chi connectivity index (χ3n) is 5.46. The highest BCUT2D eigenvalue weighted by Crippen LogP contribution is 2.32. The highest BCUT2D eigenvalue weighted by atomic mass is 79.9. The molecule has 32 heavy (non-hydrogen) atoms. The SMILES string of the molecule is Cc1cc(-n2c(C)cc(/C=C3\SC(=Nc4cc(C)c(Br)c(C)c4)NC3=O)c2C)ccc1Br. The van der Waals surface area contributed by atoms with Crippen LogP contribution in [0.2, 0.25) is 0 Å². The summed E-state index contributed by atoms with van der Waals surface area (Å²) in [7, 11) is 0. The first kappa shape index (κ1) is 23.1. The number of rotatable bonds is 3. The molecule has 1 aliphatic heterocycles. The number of carbonyl (C=O) groups is 1. The molecule has 0 saturated carbocycles. The molecule has 0 spiro atoms. The molecule has 164 valence electrons. The number of amidine groups is 1. The van der Waals surface area contributed by atoms with Crippen molar-refractivity contribution in [3.63, 3.8) is 0 Å². The summed E-state index contributed by atoms with van der Waals surface area (Å²) >= 11 is 8.53. The molecule has 0 unspecified atom stereocenters. The summed E-state index contributed by atoms with van der Waals surface area (Å²) in [6.45, 7) is 10.3. The molecule has 2 heterocycles. The number of nitrogens with zero attached hydrogens (tertiary/aromatic N) is 2. The minimum absolute atomic E-state index is 0.122. The normalized spacial score (nSPS) is 16.3. The number of thioether (sulfide) groups is 1. The van der Waals surface area contributed by atoms with E-state index in [0.717, 1.165) is 48.4 Å². The third kappa shape index (κ3) is 4.51. The van der Waals surface area contributed by atoms with Gasteiger partial charge in [0, 0.05) is 26.0 Å². The molecule has 4 nitrogen and oxygen atoms in total. The number of hydrogen-bond acceptors (Lipinski definition) is 3. The quantitative estimate of drug-likeness (QED) is 0.331. The van der Waals surface area contributed by atoms with E-state index in [0.29, 0.717) is 10.1 Å². The first-order valence-electron chi connectivity index (χ1n) is 10.2. The van der Waals surface area contributed by atoms with Gasteiger partial charge in [0.1, 0.15) is 0 Å². The molecule has 1 aliphatic rings. The molecule has 2 aromatic carbocycles. The van der Waals surface area contributed by atoms with Crippen molar-refractivity contribution in [2.75, 3.05) is 0 Å². The molecule has 0 bridgehead atoms. The second-order valence-electron chi connectivity index (χ2n) is 7.97. The van der Waals surface area contributed by atoms with E-state index in [1.807, 2.05) is 32.1 Å². The number of aryl methyl sites for hydroxylation is 4. The Labute approximate surface area is 209 Å². The van der Waals surface area contributed by atoms with E-state index in [4.69, 9.17) is 0 Å². The van der Waals surface area contributed by atoms with Crippen LogP contribution < -0.4 is 5.32 Å². The fraction of sp³-hybridized carbons (Fsp3) is 0.200. The smallest absolute Gasteiger partial charge is 0.264 e. The first-order valence-corrected chi connectivity index (χ1v) is 12.6. The molecule has 1 aromatic heterocycles. The summed E-state index contributed by atoms with van der Waals surface area (Å²) < 4.78 is 4.39. The van der Waals surface area contributed by atoms with Gasteiger partial charge in [-0.25, -0.2) is 4.99 Å². The van der Waals surface area contributed by atoms with Crippen molar-refractivity contribution in [1.29, 1.82) is 0 Å². The molecule has 4 rings (SSSR count). The fourth-order valence-electron chi connectivity index (χ4n) is 3.83. The zero-order chi connectivity index (χ0) is 23.2. The Bertz CT molecular complexity index is 1300. The Morgan fingerprint density at radius 1 is 0.969 bits per heavy atom. The summed E-state index contributed by atoms with van der Waals surface area (Å²) in [5.41, 5.74) is 8.59. The van der Waals surface area contributed by atoms with Crippen molar-refractivity contribution in [3.8, 4) is 5.69 Å². The van der Waals surface area contributed by atoms with Crippen LogP contribution in [0.1, 0.15) is 33.6 Å². The predicted octanol–water partition coefficient (Wildman–Crippen LogP) is 7.44. The summed E-state index contributed by atoms with van der Waals surface area (Å²) in [6, 6.07) is 12.4. The molecule has 1 saturated heterocycles. The van der Waals surface area contributed by atoms with Gasteiger partial charge >= 0.3 is 0 Å². The Morgan fingerprint density at radius 2 is 1.66 bits per heavy atom. The largest absolute Gasteiger partial charge is 0.318 e. The van der Waals surface area contributed by atoms with Crippen LogP contribution >= 0.6 is 43.6 Å². The minimum Gasteiger partial charge on any atom is -0.318 e. The van der Waals surface area contributed by atoms with Gasteiger partial charge in [-0.1, -0.05) is 31.9 Å². The van der Waals surface area contributed by atoms with Crippen LogP contribution in [-0.2, 0) is 4.79 Å². The average molecular weight is 573 g/mol. The molecule has 0 atom stereocenters. The number of aromatic nitrogens is 1. The number of halogens is 2. The van der Waals surface area contributed by atoms with Crippen molar-refractivity contribution in [2.45, 2.75) is 34.6 Å². The van der Waals surface area contributed by atoms with Gasteiger partial charge in [-0.05, 0) is 111 Å². The zero-order valence-electron chi connectivity index (χ0n) is 18.5. The van der Waals surface area contributed by atoms with Gasteiger partial charge in [-0.2, -0.15) is 0 Å². The third-order valence-corrected chi connectivity index (χ3v) is 8.51. The first-order chi connectivity index (χ1) is 15.1.